The van der Waals surface area contributed by atoms with Crippen molar-refractivity contribution in [2.24, 2.45) is 0 Å². The first-order valence-corrected chi connectivity index (χ1v) is 8.49. The molecule has 0 spiro atoms. The SMILES string of the molecule is CCOc1cccc(C(=O)NC(=S)Nc2ccccc2C(=O)N(C)C)c1. The third-order valence-electron chi connectivity index (χ3n) is 3.45. The average molecular weight is 371 g/mol. The molecule has 0 aliphatic rings. The van der Waals surface area contributed by atoms with E-state index in [-0.39, 0.29) is 16.9 Å². The van der Waals surface area contributed by atoms with Gasteiger partial charge >= 0.3 is 0 Å². The van der Waals surface area contributed by atoms with Crippen molar-refractivity contribution >= 4 is 34.8 Å². The zero-order valence-electron chi connectivity index (χ0n) is 14.9. The van der Waals surface area contributed by atoms with Crippen LogP contribution in [-0.2, 0) is 0 Å². The van der Waals surface area contributed by atoms with Crippen LogP contribution < -0.4 is 15.4 Å². The Labute approximate surface area is 158 Å². The van der Waals surface area contributed by atoms with Gasteiger partial charge in [0.15, 0.2) is 5.11 Å². The quantitative estimate of drug-likeness (QED) is 0.791. The first-order chi connectivity index (χ1) is 12.4. The second kappa shape index (κ2) is 8.96. The number of carbonyl (C=O) groups is 2. The van der Waals surface area contributed by atoms with Gasteiger partial charge in [0, 0.05) is 19.7 Å². The number of amides is 2. The summed E-state index contributed by atoms with van der Waals surface area (Å²) < 4.78 is 5.39. The summed E-state index contributed by atoms with van der Waals surface area (Å²) in [6.07, 6.45) is 0. The molecule has 2 aromatic carbocycles. The van der Waals surface area contributed by atoms with Crippen LogP contribution >= 0.6 is 12.2 Å². The van der Waals surface area contributed by atoms with Crippen molar-refractivity contribution in [1.82, 2.24) is 10.2 Å². The second-order valence-corrected chi connectivity index (χ2v) is 6.02. The first kappa shape index (κ1) is 19.4. The number of benzene rings is 2. The van der Waals surface area contributed by atoms with E-state index in [1.54, 1.807) is 62.6 Å². The molecule has 2 N–H and O–H groups in total. The molecule has 6 nitrogen and oxygen atoms in total. The number of carbonyl (C=O) groups excluding carboxylic acids is 2. The zero-order valence-corrected chi connectivity index (χ0v) is 15.7. The van der Waals surface area contributed by atoms with Gasteiger partial charge < -0.3 is 15.0 Å². The van der Waals surface area contributed by atoms with Gasteiger partial charge in [-0.05, 0) is 49.5 Å². The van der Waals surface area contributed by atoms with Crippen LogP contribution in [0.2, 0.25) is 0 Å². The Morgan fingerprint density at radius 2 is 1.85 bits per heavy atom. The Kier molecular flexibility index (Phi) is 6.68. The molecule has 0 fully saturated rings. The number of para-hydroxylation sites is 1. The molecule has 2 rings (SSSR count). The lowest BCUT2D eigenvalue weighted by molar-refractivity contribution is 0.0828. The molecule has 0 radical (unpaired) electrons. The second-order valence-electron chi connectivity index (χ2n) is 5.61. The molecule has 0 aromatic heterocycles. The summed E-state index contributed by atoms with van der Waals surface area (Å²) in [5.41, 5.74) is 1.42. The summed E-state index contributed by atoms with van der Waals surface area (Å²) in [6.45, 7) is 2.39. The largest absolute Gasteiger partial charge is 0.494 e. The fourth-order valence-corrected chi connectivity index (χ4v) is 2.44. The van der Waals surface area contributed by atoms with Crippen molar-refractivity contribution in [2.75, 3.05) is 26.0 Å². The van der Waals surface area contributed by atoms with Crippen molar-refractivity contribution in [3.8, 4) is 5.75 Å². The molecule has 0 aliphatic heterocycles. The van der Waals surface area contributed by atoms with Crippen LogP contribution in [0.1, 0.15) is 27.6 Å². The van der Waals surface area contributed by atoms with Crippen LogP contribution in [0.5, 0.6) is 5.75 Å². The predicted molar refractivity (Wildman–Crippen MR) is 106 cm³/mol. The summed E-state index contributed by atoms with van der Waals surface area (Å²) in [5, 5.41) is 5.63. The maximum atomic E-state index is 12.4. The molecule has 7 heteroatoms. The topological polar surface area (TPSA) is 70.7 Å². The fraction of sp³-hybridized carbons (Fsp3) is 0.211. The number of ether oxygens (including phenoxy) is 1. The third kappa shape index (κ3) is 5.03. The number of nitrogens with one attached hydrogen (secondary N) is 2. The van der Waals surface area contributed by atoms with Gasteiger partial charge in [-0.15, -0.1) is 0 Å². The highest BCUT2D eigenvalue weighted by Gasteiger charge is 2.15. The minimum Gasteiger partial charge on any atom is -0.494 e. The van der Waals surface area contributed by atoms with E-state index >= 15 is 0 Å². The Morgan fingerprint density at radius 1 is 1.12 bits per heavy atom. The molecule has 0 atom stereocenters. The minimum absolute atomic E-state index is 0.107. The standard InChI is InChI=1S/C19H21N3O3S/c1-4-25-14-9-7-8-13(12-14)17(23)21-19(26)20-16-11-6-5-10-15(16)18(24)22(2)3/h5-12H,4H2,1-3H3,(H2,20,21,23,26). The first-order valence-electron chi connectivity index (χ1n) is 8.08. The van der Waals surface area contributed by atoms with Crippen LogP contribution in [0.3, 0.4) is 0 Å². The highest BCUT2D eigenvalue weighted by Crippen LogP contribution is 2.17. The van der Waals surface area contributed by atoms with Gasteiger partial charge in [-0.3, -0.25) is 14.9 Å². The number of hydrogen-bond acceptors (Lipinski definition) is 4. The van der Waals surface area contributed by atoms with E-state index in [9.17, 15) is 9.59 Å². The summed E-state index contributed by atoms with van der Waals surface area (Å²) in [5.74, 6) is 0.0908. The van der Waals surface area contributed by atoms with E-state index in [2.05, 4.69) is 10.6 Å². The molecule has 0 bridgehead atoms. The molecule has 0 aliphatic carbocycles. The molecule has 2 aromatic rings. The van der Waals surface area contributed by atoms with Gasteiger partial charge in [0.2, 0.25) is 0 Å². The van der Waals surface area contributed by atoms with E-state index in [1.165, 1.54) is 4.90 Å². The van der Waals surface area contributed by atoms with Crippen molar-refractivity contribution in [1.29, 1.82) is 0 Å². The highest BCUT2D eigenvalue weighted by molar-refractivity contribution is 7.80. The summed E-state index contributed by atoms with van der Waals surface area (Å²) >= 11 is 5.21. The van der Waals surface area contributed by atoms with Gasteiger partial charge in [0.25, 0.3) is 11.8 Å². The smallest absolute Gasteiger partial charge is 0.257 e. The van der Waals surface area contributed by atoms with Crippen molar-refractivity contribution < 1.29 is 14.3 Å². The maximum absolute atomic E-state index is 12.4. The third-order valence-corrected chi connectivity index (χ3v) is 3.65. The lowest BCUT2D eigenvalue weighted by atomic mass is 10.1. The van der Waals surface area contributed by atoms with Gasteiger partial charge in [-0.25, -0.2) is 0 Å². The van der Waals surface area contributed by atoms with Crippen LogP contribution in [0, 0.1) is 0 Å². The molecular formula is C19H21N3O3S. The van der Waals surface area contributed by atoms with E-state index < -0.39 is 0 Å². The van der Waals surface area contributed by atoms with Crippen molar-refractivity contribution in [2.45, 2.75) is 6.92 Å². The van der Waals surface area contributed by atoms with E-state index in [0.717, 1.165) is 0 Å². The molecule has 0 saturated carbocycles. The lowest BCUT2D eigenvalue weighted by Gasteiger charge is -2.16. The zero-order chi connectivity index (χ0) is 19.1. The van der Waals surface area contributed by atoms with Crippen LogP contribution in [0.4, 0.5) is 5.69 Å². The summed E-state index contributed by atoms with van der Waals surface area (Å²) in [4.78, 5) is 26.1. The summed E-state index contributed by atoms with van der Waals surface area (Å²) in [7, 11) is 3.34. The van der Waals surface area contributed by atoms with Crippen LogP contribution in [-0.4, -0.2) is 42.5 Å². The van der Waals surface area contributed by atoms with Gasteiger partial charge in [-0.2, -0.15) is 0 Å². The number of thiocarbonyl (C=S) groups is 1. The Morgan fingerprint density at radius 3 is 2.54 bits per heavy atom. The molecule has 0 saturated heterocycles. The number of anilines is 1. The van der Waals surface area contributed by atoms with Gasteiger partial charge in [0.1, 0.15) is 5.75 Å². The van der Waals surface area contributed by atoms with Gasteiger partial charge in [-0.1, -0.05) is 18.2 Å². The number of hydrogen-bond donors (Lipinski definition) is 2. The molecular weight excluding hydrogens is 350 g/mol. The fourth-order valence-electron chi connectivity index (χ4n) is 2.24. The summed E-state index contributed by atoms with van der Waals surface area (Å²) in [6, 6.07) is 13.8. The van der Waals surface area contributed by atoms with E-state index in [0.29, 0.717) is 29.2 Å². The van der Waals surface area contributed by atoms with E-state index in [4.69, 9.17) is 17.0 Å². The van der Waals surface area contributed by atoms with Crippen LogP contribution in [0.25, 0.3) is 0 Å². The van der Waals surface area contributed by atoms with Crippen molar-refractivity contribution in [3.63, 3.8) is 0 Å². The highest BCUT2D eigenvalue weighted by atomic mass is 32.1. The molecule has 0 unspecified atom stereocenters. The Balaban J connectivity index is 2.09. The normalized spacial score (nSPS) is 9.96. The number of nitrogens with zero attached hydrogens (tertiary/aromatic N) is 1. The Hall–Kier alpha value is -2.93. The molecule has 2 amide bonds. The molecule has 26 heavy (non-hydrogen) atoms. The van der Waals surface area contributed by atoms with E-state index in [1.807, 2.05) is 6.92 Å². The maximum Gasteiger partial charge on any atom is 0.257 e. The minimum atomic E-state index is -0.361. The molecule has 0 heterocycles. The lowest BCUT2D eigenvalue weighted by Crippen LogP contribution is -2.35. The van der Waals surface area contributed by atoms with Crippen molar-refractivity contribution in [3.05, 3.63) is 59.7 Å². The molecule has 136 valence electrons. The number of rotatable bonds is 5. The average Bonchev–Trinajstić information content (AvgIpc) is 2.62. The Bertz CT molecular complexity index is 821. The van der Waals surface area contributed by atoms with Crippen LogP contribution in [0.15, 0.2) is 48.5 Å². The monoisotopic (exact) mass is 371 g/mol. The predicted octanol–water partition coefficient (Wildman–Crippen LogP) is 2.91. The van der Waals surface area contributed by atoms with Gasteiger partial charge in [0.05, 0.1) is 17.9 Å².